The minimum absolute atomic E-state index is 0. The van der Waals surface area contributed by atoms with E-state index in [9.17, 15) is 0 Å². The van der Waals surface area contributed by atoms with Crippen molar-refractivity contribution in [2.75, 3.05) is 0 Å². The zero-order valence-corrected chi connectivity index (χ0v) is 20.9. The summed E-state index contributed by atoms with van der Waals surface area (Å²) in [5, 5.41) is 0. The van der Waals surface area contributed by atoms with Crippen LogP contribution in [0.15, 0.2) is 16.5 Å². The Labute approximate surface area is 177 Å². The van der Waals surface area contributed by atoms with Crippen LogP contribution in [0.1, 0.15) is 93.1 Å². The van der Waals surface area contributed by atoms with Crippen molar-refractivity contribution in [1.82, 2.24) is 0 Å². The second-order valence-electron chi connectivity index (χ2n) is 7.07. The van der Waals surface area contributed by atoms with E-state index in [2.05, 4.69) is 60.6 Å². The van der Waals surface area contributed by atoms with Crippen LogP contribution < -0.4 is 0 Å². The summed E-state index contributed by atoms with van der Waals surface area (Å²) in [5.74, 6) is 3.69. The van der Waals surface area contributed by atoms with Crippen molar-refractivity contribution in [3.63, 3.8) is 0 Å². The molecule has 0 spiro atoms. The molecule has 3 heteroatoms. The Morgan fingerprint density at radius 2 is 1.29 bits per heavy atom. The molecule has 0 aliphatic carbocycles. The number of hydrogen-bond acceptors (Lipinski definition) is 1. The summed E-state index contributed by atoms with van der Waals surface area (Å²) >= 11 is 0. The van der Waals surface area contributed by atoms with Crippen molar-refractivity contribution < 1.29 is 41.5 Å². The normalized spacial score (nSPS) is 10.2. The molecule has 1 aromatic heterocycles. The van der Waals surface area contributed by atoms with Gasteiger partial charge in [0.2, 0.25) is 0 Å². The molecule has 0 saturated heterocycles. The summed E-state index contributed by atoms with van der Waals surface area (Å²) in [7, 11) is 0. The molecule has 1 heterocycles. The van der Waals surface area contributed by atoms with Crippen LogP contribution in [0.25, 0.3) is 0 Å². The van der Waals surface area contributed by atoms with E-state index in [0.717, 1.165) is 17.9 Å². The first-order valence-corrected chi connectivity index (χ1v) is 8.09. The molecule has 24 heavy (non-hydrogen) atoms. The molecule has 0 unspecified atom stereocenters. The molecule has 1 nitrogen and oxygen atoms in total. The van der Waals surface area contributed by atoms with E-state index in [0.29, 0.717) is 0 Å². The van der Waals surface area contributed by atoms with Crippen LogP contribution in [0.5, 0.6) is 0 Å². The van der Waals surface area contributed by atoms with Gasteiger partial charge in [0.1, 0.15) is 11.5 Å². The van der Waals surface area contributed by atoms with Gasteiger partial charge >= 0.3 is 18.6 Å². The van der Waals surface area contributed by atoms with Crippen molar-refractivity contribution >= 4 is 0 Å². The second-order valence-corrected chi connectivity index (χ2v) is 7.07. The third-order valence-electron chi connectivity index (χ3n) is 3.61. The van der Waals surface area contributed by atoms with Gasteiger partial charge in [-0.1, -0.05) is 54.9 Å². The minimum Gasteiger partial charge on any atom is -0.465 e. The summed E-state index contributed by atoms with van der Waals surface area (Å²) in [5.41, 5.74) is 0.243. The Hall–Kier alpha value is 0.449. The number of hydrogen-bond donors (Lipinski definition) is 0. The Kier molecular flexibility index (Phi) is 23.2. The Morgan fingerprint density at radius 3 is 1.62 bits per heavy atom. The molecule has 0 aliphatic rings. The van der Waals surface area contributed by atoms with Gasteiger partial charge < -0.3 is 25.2 Å². The van der Waals surface area contributed by atoms with E-state index in [-0.39, 0.29) is 62.8 Å². The van der Waals surface area contributed by atoms with Gasteiger partial charge in [0.05, 0.1) is 0 Å². The molecule has 1 aromatic rings. The fourth-order valence-electron chi connectivity index (χ4n) is 2.78. The first-order valence-electron chi connectivity index (χ1n) is 8.09. The largest absolute Gasteiger partial charge is 2.00 e. The third-order valence-corrected chi connectivity index (χ3v) is 3.61. The summed E-state index contributed by atoms with van der Waals surface area (Å²) < 4.78 is 6.15. The number of rotatable bonds is 6. The summed E-state index contributed by atoms with van der Waals surface area (Å²) in [6.45, 7) is 19.7. The monoisotopic (exact) mass is 411 g/mol. The first-order chi connectivity index (χ1) is 9.19. The van der Waals surface area contributed by atoms with E-state index >= 15 is 0 Å². The van der Waals surface area contributed by atoms with Crippen LogP contribution in [0.2, 0.25) is 0 Å². The van der Waals surface area contributed by atoms with E-state index in [4.69, 9.17) is 4.42 Å². The fourth-order valence-corrected chi connectivity index (χ4v) is 2.78. The zero-order valence-electron chi connectivity index (χ0n) is 18.1. The maximum absolute atomic E-state index is 6.15. The van der Waals surface area contributed by atoms with Crippen molar-refractivity contribution in [3.05, 3.63) is 44.4 Å². The molecule has 0 aliphatic heterocycles. The van der Waals surface area contributed by atoms with Gasteiger partial charge in [-0.15, -0.1) is 0 Å². The van der Waals surface area contributed by atoms with Gasteiger partial charge in [-0.2, -0.15) is 20.3 Å². The van der Waals surface area contributed by atoms with Crippen LogP contribution >= 0.6 is 0 Å². The molecule has 1 rings (SSSR count). The molecule has 0 saturated carbocycles. The summed E-state index contributed by atoms with van der Waals surface area (Å²) in [6, 6.07) is 4.33. The standard InChI is InChI=1S/C17H29O.C2H6.2CH3.2V/c1-8-11-16(4,5)14-9-10-15(18-14)17(6,7)12-13(2)3;1-2;;;;/h9-10H,8,11-12H2,1-7H3;1-2H3;2*1H3;;/q-1;;2*-1;;+2. The molecular weight excluding hydrogens is 370 g/mol. The van der Waals surface area contributed by atoms with Gasteiger partial charge in [0, 0.05) is 24.0 Å². The van der Waals surface area contributed by atoms with E-state index in [1.54, 1.807) is 0 Å². The Balaban J connectivity index is -0.000000193. The van der Waals surface area contributed by atoms with Crippen molar-refractivity contribution in [3.8, 4) is 0 Å². The topological polar surface area (TPSA) is 13.1 Å². The van der Waals surface area contributed by atoms with E-state index < -0.39 is 0 Å². The van der Waals surface area contributed by atoms with Crippen molar-refractivity contribution in [2.45, 2.75) is 92.4 Å². The molecule has 0 atom stereocenters. The summed E-state index contributed by atoms with van der Waals surface area (Å²) in [4.78, 5) is 0. The fraction of sp³-hybridized carbons (Fsp3) is 0.667. The Bertz CT molecular complexity index is 379. The molecule has 0 N–H and O–H groups in total. The van der Waals surface area contributed by atoms with Crippen LogP contribution in [0, 0.1) is 20.8 Å². The molecule has 0 amide bonds. The Morgan fingerprint density at radius 1 is 0.917 bits per heavy atom. The maximum Gasteiger partial charge on any atom is 2.00 e. The van der Waals surface area contributed by atoms with E-state index in [1.807, 2.05) is 13.8 Å². The summed E-state index contributed by atoms with van der Waals surface area (Å²) in [6.07, 6.45) is 3.43. The predicted octanol–water partition coefficient (Wildman–Crippen LogP) is 7.56. The second kappa shape index (κ2) is 15.7. The van der Waals surface area contributed by atoms with Gasteiger partial charge in [0.25, 0.3) is 0 Å². The van der Waals surface area contributed by atoms with E-state index in [1.165, 1.54) is 18.8 Å². The van der Waals surface area contributed by atoms with Gasteiger partial charge in [-0.3, -0.25) is 0 Å². The number of furan rings is 1. The molecule has 2 radical (unpaired) electrons. The van der Waals surface area contributed by atoms with Crippen LogP contribution in [0.4, 0.5) is 0 Å². The molecule has 0 fully saturated rings. The minimum atomic E-state index is 0. The molecule has 0 bridgehead atoms. The maximum atomic E-state index is 6.15. The van der Waals surface area contributed by atoms with Gasteiger partial charge in [0.15, 0.2) is 0 Å². The first kappa shape index (κ1) is 35.5. The molecular formula is C21H41OV2-. The van der Waals surface area contributed by atoms with Crippen LogP contribution in [-0.4, -0.2) is 0 Å². The van der Waals surface area contributed by atoms with Crippen LogP contribution in [0.3, 0.4) is 0 Å². The van der Waals surface area contributed by atoms with Crippen molar-refractivity contribution in [1.29, 1.82) is 0 Å². The van der Waals surface area contributed by atoms with Gasteiger partial charge in [-0.25, -0.2) is 0 Å². The third kappa shape index (κ3) is 11.1. The SMILES string of the molecule is CC.CCCC(C)(C)c1ccc(C(C)(C)C[C-](C)C)o1.[CH3-].[CH3-].[V+2].[V]. The van der Waals surface area contributed by atoms with Gasteiger partial charge in [-0.05, 0) is 24.0 Å². The zero-order chi connectivity index (χ0) is 16.0. The smallest absolute Gasteiger partial charge is 0.465 e. The van der Waals surface area contributed by atoms with Crippen LogP contribution in [-0.2, 0) is 47.9 Å². The molecule has 142 valence electrons. The average Bonchev–Trinajstić information content (AvgIpc) is 2.80. The molecule has 0 aromatic carbocycles. The predicted molar refractivity (Wildman–Crippen MR) is 103 cm³/mol. The van der Waals surface area contributed by atoms with Crippen molar-refractivity contribution in [2.24, 2.45) is 0 Å². The average molecular weight is 411 g/mol. The quantitative estimate of drug-likeness (QED) is 0.440.